The van der Waals surface area contributed by atoms with E-state index in [1.54, 1.807) is 7.11 Å². The highest BCUT2D eigenvalue weighted by atomic mass is 16.5. The third-order valence-electron chi connectivity index (χ3n) is 5.63. The number of benzene rings is 2. The number of likely N-dealkylation sites (tertiary alicyclic amines) is 1. The van der Waals surface area contributed by atoms with Crippen LogP contribution in [-0.4, -0.2) is 34.4 Å². The average Bonchev–Trinajstić information content (AvgIpc) is 3.35. The Bertz CT molecular complexity index is 1030. The first-order valence-corrected chi connectivity index (χ1v) is 10.3. The van der Waals surface area contributed by atoms with Gasteiger partial charge < -0.3 is 15.0 Å². The molecule has 0 radical (unpaired) electrons. The molecule has 2 heterocycles. The maximum Gasteiger partial charge on any atom is 0.322 e. The quantitative estimate of drug-likeness (QED) is 0.656. The molecule has 3 aromatic rings. The number of rotatable bonds is 5. The first-order valence-electron chi connectivity index (χ1n) is 10.3. The maximum absolute atomic E-state index is 13.0. The lowest BCUT2D eigenvalue weighted by molar-refractivity contribution is 0.207. The number of urea groups is 1. The van der Waals surface area contributed by atoms with Crippen molar-refractivity contribution in [2.45, 2.75) is 39.3 Å². The van der Waals surface area contributed by atoms with Crippen LogP contribution in [0.4, 0.5) is 10.5 Å². The summed E-state index contributed by atoms with van der Waals surface area (Å²) in [6.45, 7) is 5.49. The summed E-state index contributed by atoms with van der Waals surface area (Å²) >= 11 is 0. The SMILES string of the molecule is COc1ccc(C2CCCN2C(=O)Nc2cccc(Cn3nc(C)cc3C)c2)cc1. The van der Waals surface area contributed by atoms with Crippen LogP contribution in [0, 0.1) is 13.8 Å². The van der Waals surface area contributed by atoms with Gasteiger partial charge in [0.1, 0.15) is 5.75 Å². The molecule has 2 aromatic carbocycles. The fourth-order valence-electron chi connectivity index (χ4n) is 4.13. The van der Waals surface area contributed by atoms with Crippen molar-refractivity contribution in [1.82, 2.24) is 14.7 Å². The molecule has 1 N–H and O–H groups in total. The van der Waals surface area contributed by atoms with E-state index in [1.807, 2.05) is 59.0 Å². The van der Waals surface area contributed by atoms with Crippen molar-refractivity contribution in [3.05, 3.63) is 77.1 Å². The zero-order chi connectivity index (χ0) is 21.1. The van der Waals surface area contributed by atoms with E-state index in [0.717, 1.165) is 53.3 Å². The van der Waals surface area contributed by atoms with Crippen LogP contribution in [0.5, 0.6) is 5.75 Å². The van der Waals surface area contributed by atoms with Gasteiger partial charge in [-0.1, -0.05) is 24.3 Å². The minimum absolute atomic E-state index is 0.0587. The number of nitrogens with zero attached hydrogens (tertiary/aromatic N) is 3. The number of carbonyl (C=O) groups is 1. The second-order valence-electron chi connectivity index (χ2n) is 7.84. The molecular weight excluding hydrogens is 376 g/mol. The molecule has 30 heavy (non-hydrogen) atoms. The topological polar surface area (TPSA) is 59.4 Å². The monoisotopic (exact) mass is 404 g/mol. The second-order valence-corrected chi connectivity index (χ2v) is 7.84. The van der Waals surface area contributed by atoms with Gasteiger partial charge in [0.15, 0.2) is 0 Å². The maximum atomic E-state index is 13.0. The van der Waals surface area contributed by atoms with Gasteiger partial charge in [0.2, 0.25) is 0 Å². The van der Waals surface area contributed by atoms with Crippen molar-refractivity contribution in [2.24, 2.45) is 0 Å². The highest BCUT2D eigenvalue weighted by Gasteiger charge is 2.30. The Labute approximate surface area is 177 Å². The Balaban J connectivity index is 1.45. The summed E-state index contributed by atoms with van der Waals surface area (Å²) < 4.78 is 7.23. The van der Waals surface area contributed by atoms with Gasteiger partial charge in [-0.3, -0.25) is 4.68 Å². The molecule has 0 bridgehead atoms. The van der Waals surface area contributed by atoms with Crippen molar-refractivity contribution in [3.63, 3.8) is 0 Å². The standard InChI is InChI=1S/C24H28N4O2/c1-17-14-18(2)28(26-17)16-19-6-4-7-21(15-19)25-24(29)27-13-5-8-23(27)20-9-11-22(30-3)12-10-20/h4,6-7,9-12,14-15,23H,5,8,13,16H2,1-3H3,(H,25,29). The van der Waals surface area contributed by atoms with Crippen LogP contribution in [0.25, 0.3) is 0 Å². The average molecular weight is 405 g/mol. The van der Waals surface area contributed by atoms with Gasteiger partial charge in [0.25, 0.3) is 0 Å². The van der Waals surface area contributed by atoms with Crippen LogP contribution in [0.15, 0.2) is 54.6 Å². The summed E-state index contributed by atoms with van der Waals surface area (Å²) in [6, 6.07) is 18.1. The smallest absolute Gasteiger partial charge is 0.322 e. The van der Waals surface area contributed by atoms with Crippen molar-refractivity contribution in [1.29, 1.82) is 0 Å². The largest absolute Gasteiger partial charge is 0.497 e. The zero-order valence-corrected chi connectivity index (χ0v) is 17.8. The lowest BCUT2D eigenvalue weighted by Crippen LogP contribution is -2.34. The molecule has 0 aliphatic carbocycles. The number of anilines is 1. The number of hydrogen-bond acceptors (Lipinski definition) is 3. The van der Waals surface area contributed by atoms with E-state index >= 15 is 0 Å². The highest BCUT2D eigenvalue weighted by molar-refractivity contribution is 5.90. The van der Waals surface area contributed by atoms with Gasteiger partial charge in [-0.2, -0.15) is 5.10 Å². The molecule has 2 amide bonds. The third kappa shape index (κ3) is 4.32. The van der Waals surface area contributed by atoms with E-state index in [-0.39, 0.29) is 12.1 Å². The van der Waals surface area contributed by atoms with E-state index in [4.69, 9.17) is 4.74 Å². The molecule has 6 heteroatoms. The van der Waals surface area contributed by atoms with E-state index in [9.17, 15) is 4.79 Å². The molecule has 1 atom stereocenters. The molecule has 6 nitrogen and oxygen atoms in total. The summed E-state index contributed by atoms with van der Waals surface area (Å²) in [5.74, 6) is 0.826. The Morgan fingerprint density at radius 3 is 2.67 bits per heavy atom. The minimum atomic E-state index is -0.0587. The summed E-state index contributed by atoms with van der Waals surface area (Å²) in [7, 11) is 1.66. The van der Waals surface area contributed by atoms with Crippen LogP contribution in [0.2, 0.25) is 0 Å². The van der Waals surface area contributed by atoms with E-state index in [0.29, 0.717) is 6.54 Å². The first kappa shape index (κ1) is 20.0. The third-order valence-corrected chi connectivity index (χ3v) is 5.63. The number of carbonyl (C=O) groups excluding carboxylic acids is 1. The van der Waals surface area contributed by atoms with Gasteiger partial charge >= 0.3 is 6.03 Å². The summed E-state index contributed by atoms with van der Waals surface area (Å²) in [4.78, 5) is 14.9. The summed E-state index contributed by atoms with van der Waals surface area (Å²) in [6.07, 6.45) is 1.97. The Kier molecular flexibility index (Phi) is 5.74. The number of methoxy groups -OCH3 is 1. The highest BCUT2D eigenvalue weighted by Crippen LogP contribution is 2.33. The lowest BCUT2D eigenvalue weighted by atomic mass is 10.0. The van der Waals surface area contributed by atoms with E-state index < -0.39 is 0 Å². The number of aryl methyl sites for hydroxylation is 2. The minimum Gasteiger partial charge on any atom is -0.497 e. The normalized spacial score (nSPS) is 16.0. The Morgan fingerprint density at radius 2 is 1.97 bits per heavy atom. The van der Waals surface area contributed by atoms with Crippen LogP contribution in [0.3, 0.4) is 0 Å². The summed E-state index contributed by atoms with van der Waals surface area (Å²) in [5.41, 5.74) is 5.19. The van der Waals surface area contributed by atoms with E-state index in [2.05, 4.69) is 29.5 Å². The van der Waals surface area contributed by atoms with Crippen molar-refractivity contribution in [3.8, 4) is 5.75 Å². The predicted octanol–water partition coefficient (Wildman–Crippen LogP) is 4.93. The molecule has 4 rings (SSSR count). The number of ether oxygens (including phenoxy) is 1. The van der Waals surface area contributed by atoms with Crippen molar-refractivity contribution < 1.29 is 9.53 Å². The fraction of sp³-hybridized carbons (Fsp3) is 0.333. The fourth-order valence-corrected chi connectivity index (χ4v) is 4.13. The first-order chi connectivity index (χ1) is 14.5. The van der Waals surface area contributed by atoms with Gasteiger partial charge in [0, 0.05) is 17.9 Å². The van der Waals surface area contributed by atoms with Gasteiger partial charge in [0.05, 0.1) is 25.4 Å². The second kappa shape index (κ2) is 8.61. The number of aromatic nitrogens is 2. The zero-order valence-electron chi connectivity index (χ0n) is 17.8. The van der Waals surface area contributed by atoms with Gasteiger partial charge in [-0.25, -0.2) is 4.79 Å². The van der Waals surface area contributed by atoms with Crippen molar-refractivity contribution in [2.75, 3.05) is 19.0 Å². The van der Waals surface area contributed by atoms with Crippen LogP contribution >= 0.6 is 0 Å². The molecule has 1 fully saturated rings. The van der Waals surface area contributed by atoms with Gasteiger partial charge in [-0.15, -0.1) is 0 Å². The summed E-state index contributed by atoms with van der Waals surface area (Å²) in [5, 5.41) is 7.61. The molecule has 1 aliphatic rings. The predicted molar refractivity (Wildman–Crippen MR) is 118 cm³/mol. The Morgan fingerprint density at radius 1 is 1.17 bits per heavy atom. The molecule has 1 aliphatic heterocycles. The Hall–Kier alpha value is -3.28. The van der Waals surface area contributed by atoms with Crippen LogP contribution in [-0.2, 0) is 6.54 Å². The number of nitrogens with one attached hydrogen (secondary N) is 1. The number of amides is 2. The lowest BCUT2D eigenvalue weighted by Gasteiger charge is -2.25. The molecular formula is C24H28N4O2. The molecule has 1 unspecified atom stereocenters. The number of hydrogen-bond donors (Lipinski definition) is 1. The molecule has 1 aromatic heterocycles. The molecule has 156 valence electrons. The molecule has 0 saturated carbocycles. The van der Waals surface area contributed by atoms with Crippen LogP contribution < -0.4 is 10.1 Å². The van der Waals surface area contributed by atoms with Crippen LogP contribution in [0.1, 0.15) is 41.4 Å². The van der Waals surface area contributed by atoms with E-state index in [1.165, 1.54) is 0 Å². The molecule has 1 saturated heterocycles. The van der Waals surface area contributed by atoms with Gasteiger partial charge in [-0.05, 0) is 68.1 Å². The van der Waals surface area contributed by atoms with Crippen molar-refractivity contribution >= 4 is 11.7 Å². The molecule has 0 spiro atoms.